The van der Waals surface area contributed by atoms with Crippen LogP contribution in [0.25, 0.3) is 0 Å². The van der Waals surface area contributed by atoms with Gasteiger partial charge in [-0.25, -0.2) is 13.1 Å². The molecule has 22 heavy (non-hydrogen) atoms. The zero-order valence-corrected chi connectivity index (χ0v) is 15.0. The second kappa shape index (κ2) is 7.30. The molecule has 1 fully saturated rings. The molecule has 1 aromatic rings. The lowest BCUT2D eigenvalue weighted by Gasteiger charge is -2.28. The van der Waals surface area contributed by atoms with Gasteiger partial charge in [0.25, 0.3) is 0 Å². The quantitative estimate of drug-likeness (QED) is 0.862. The molecule has 2 N–H and O–H groups in total. The Labute approximate surface area is 138 Å². The van der Waals surface area contributed by atoms with Crippen LogP contribution < -0.4 is 10.0 Å². The minimum Gasteiger partial charge on any atom is -0.316 e. The number of halogens is 1. The van der Waals surface area contributed by atoms with Crippen molar-refractivity contribution in [1.29, 1.82) is 0 Å². The van der Waals surface area contributed by atoms with Crippen LogP contribution in [0, 0.1) is 5.92 Å². The lowest BCUT2D eigenvalue weighted by atomic mass is 9.94. The summed E-state index contributed by atoms with van der Waals surface area (Å²) in [5, 5.41) is 3.59. The summed E-state index contributed by atoms with van der Waals surface area (Å²) < 4.78 is 28.1. The van der Waals surface area contributed by atoms with Crippen LogP contribution in [0.2, 0.25) is 5.02 Å². The second-order valence-electron chi connectivity index (χ2n) is 6.36. The van der Waals surface area contributed by atoms with Crippen LogP contribution in [0.15, 0.2) is 23.1 Å². The third-order valence-corrected chi connectivity index (χ3v) is 6.34. The predicted octanol–water partition coefficient (Wildman–Crippen LogP) is 3.13. The van der Waals surface area contributed by atoms with Crippen molar-refractivity contribution < 1.29 is 8.42 Å². The Balaban J connectivity index is 2.20. The molecular weight excluding hydrogens is 320 g/mol. The van der Waals surface area contributed by atoms with Gasteiger partial charge in [0, 0.05) is 6.04 Å². The van der Waals surface area contributed by atoms with E-state index in [4.69, 9.17) is 11.6 Å². The van der Waals surface area contributed by atoms with E-state index < -0.39 is 10.0 Å². The van der Waals surface area contributed by atoms with E-state index in [-0.39, 0.29) is 21.9 Å². The maximum atomic E-state index is 12.7. The summed E-state index contributed by atoms with van der Waals surface area (Å²) in [6.07, 6.45) is 2.12. The molecule has 2 rings (SSSR count). The largest absolute Gasteiger partial charge is 0.316 e. The molecule has 1 saturated heterocycles. The molecule has 1 heterocycles. The monoisotopic (exact) mass is 344 g/mol. The number of hydrogen-bond acceptors (Lipinski definition) is 3. The van der Waals surface area contributed by atoms with E-state index in [1.165, 1.54) is 0 Å². The van der Waals surface area contributed by atoms with E-state index >= 15 is 0 Å². The predicted molar refractivity (Wildman–Crippen MR) is 90.9 cm³/mol. The Morgan fingerprint density at radius 3 is 2.64 bits per heavy atom. The third-order valence-electron chi connectivity index (χ3n) is 4.29. The van der Waals surface area contributed by atoms with Crippen molar-refractivity contribution in [1.82, 2.24) is 10.0 Å². The summed E-state index contributed by atoms with van der Waals surface area (Å²) in [6.45, 7) is 7.85. The standard InChI is InChI=1S/C16H25ClN2O2S/c1-11(2)13-6-7-15(17)16(9-13)22(20,21)19-12(3)14-5-4-8-18-10-14/h6-7,9,11-12,14,18-19H,4-5,8,10H2,1-3H3. The minimum absolute atomic E-state index is 0.114. The van der Waals surface area contributed by atoms with Crippen molar-refractivity contribution in [3.63, 3.8) is 0 Å². The Kier molecular flexibility index (Phi) is 5.88. The normalized spacial score (nSPS) is 21.0. The van der Waals surface area contributed by atoms with Crippen molar-refractivity contribution in [2.24, 2.45) is 5.92 Å². The zero-order valence-electron chi connectivity index (χ0n) is 13.4. The molecule has 0 bridgehead atoms. The summed E-state index contributed by atoms with van der Waals surface area (Å²) in [4.78, 5) is 0.177. The van der Waals surface area contributed by atoms with Crippen molar-refractivity contribution in [3.05, 3.63) is 28.8 Å². The molecule has 0 saturated carbocycles. The highest BCUT2D eigenvalue weighted by molar-refractivity contribution is 7.89. The van der Waals surface area contributed by atoms with Crippen molar-refractivity contribution >= 4 is 21.6 Å². The topological polar surface area (TPSA) is 58.2 Å². The molecule has 0 amide bonds. The van der Waals surface area contributed by atoms with E-state index in [1.54, 1.807) is 12.1 Å². The molecule has 2 atom stereocenters. The average Bonchev–Trinajstić information content (AvgIpc) is 2.47. The second-order valence-corrected chi connectivity index (χ2v) is 8.45. The van der Waals surface area contributed by atoms with E-state index in [0.717, 1.165) is 31.5 Å². The lowest BCUT2D eigenvalue weighted by Crippen LogP contribution is -2.44. The first-order valence-corrected chi connectivity index (χ1v) is 9.70. The van der Waals surface area contributed by atoms with Crippen LogP contribution in [-0.2, 0) is 10.0 Å². The molecular formula is C16H25ClN2O2S. The van der Waals surface area contributed by atoms with E-state index in [2.05, 4.69) is 10.0 Å². The van der Waals surface area contributed by atoms with Gasteiger partial charge in [-0.15, -0.1) is 0 Å². The van der Waals surface area contributed by atoms with Gasteiger partial charge in [-0.3, -0.25) is 0 Å². The number of rotatable bonds is 5. The summed E-state index contributed by atoms with van der Waals surface area (Å²) >= 11 is 6.12. The van der Waals surface area contributed by atoms with Gasteiger partial charge < -0.3 is 5.32 Å². The van der Waals surface area contributed by atoms with Crippen molar-refractivity contribution in [2.75, 3.05) is 13.1 Å². The van der Waals surface area contributed by atoms with Gasteiger partial charge in [-0.05, 0) is 62.4 Å². The number of piperidine rings is 1. The molecule has 6 heteroatoms. The SMILES string of the molecule is CC(C)c1ccc(Cl)c(S(=O)(=O)NC(C)C2CCCNC2)c1. The summed E-state index contributed by atoms with van der Waals surface area (Å²) in [5.41, 5.74) is 0.969. The smallest absolute Gasteiger partial charge is 0.242 e. The Bertz CT molecular complexity index is 611. The molecule has 0 aliphatic carbocycles. The number of benzene rings is 1. The molecule has 124 valence electrons. The van der Waals surface area contributed by atoms with Gasteiger partial charge >= 0.3 is 0 Å². The third kappa shape index (κ3) is 4.22. The van der Waals surface area contributed by atoms with Crippen LogP contribution in [0.1, 0.15) is 45.1 Å². The molecule has 0 aromatic heterocycles. The first-order chi connectivity index (χ1) is 10.3. The van der Waals surface area contributed by atoms with Gasteiger partial charge in [0.1, 0.15) is 4.90 Å². The van der Waals surface area contributed by atoms with Crippen molar-refractivity contribution in [3.8, 4) is 0 Å². The molecule has 0 radical (unpaired) electrons. The molecule has 1 aromatic carbocycles. The molecule has 4 nitrogen and oxygen atoms in total. The van der Waals surface area contributed by atoms with Crippen LogP contribution in [0.3, 0.4) is 0 Å². The number of nitrogens with one attached hydrogen (secondary N) is 2. The first kappa shape index (κ1) is 17.7. The lowest BCUT2D eigenvalue weighted by molar-refractivity contribution is 0.320. The maximum Gasteiger partial charge on any atom is 0.242 e. The van der Waals surface area contributed by atoms with Crippen LogP contribution in [0.5, 0.6) is 0 Å². The van der Waals surface area contributed by atoms with E-state index in [9.17, 15) is 8.42 Å². The highest BCUT2D eigenvalue weighted by Gasteiger charge is 2.26. The molecule has 1 aliphatic heterocycles. The first-order valence-electron chi connectivity index (χ1n) is 7.83. The fourth-order valence-electron chi connectivity index (χ4n) is 2.79. The van der Waals surface area contributed by atoms with Crippen LogP contribution in [0.4, 0.5) is 0 Å². The molecule has 1 aliphatic rings. The number of sulfonamides is 1. The highest BCUT2D eigenvalue weighted by Crippen LogP contribution is 2.27. The van der Waals surface area contributed by atoms with E-state index in [0.29, 0.717) is 5.92 Å². The highest BCUT2D eigenvalue weighted by atomic mass is 35.5. The van der Waals surface area contributed by atoms with Gasteiger partial charge in [-0.1, -0.05) is 31.5 Å². The minimum atomic E-state index is -3.61. The Morgan fingerprint density at radius 1 is 1.32 bits per heavy atom. The van der Waals surface area contributed by atoms with E-state index in [1.807, 2.05) is 26.8 Å². The Hall–Kier alpha value is -0.620. The summed E-state index contributed by atoms with van der Waals surface area (Å²) in [7, 11) is -3.61. The molecule has 0 spiro atoms. The fourth-order valence-corrected chi connectivity index (χ4v) is 4.64. The van der Waals surface area contributed by atoms with Gasteiger partial charge in [0.15, 0.2) is 0 Å². The van der Waals surface area contributed by atoms with Crippen molar-refractivity contribution in [2.45, 2.75) is 50.5 Å². The Morgan fingerprint density at radius 2 is 2.05 bits per heavy atom. The summed E-state index contributed by atoms with van der Waals surface area (Å²) in [6, 6.07) is 5.11. The number of hydrogen-bond donors (Lipinski definition) is 2. The fraction of sp³-hybridized carbons (Fsp3) is 0.625. The van der Waals surface area contributed by atoms with Gasteiger partial charge in [-0.2, -0.15) is 0 Å². The van der Waals surface area contributed by atoms with Gasteiger partial charge in [0.2, 0.25) is 10.0 Å². The zero-order chi connectivity index (χ0) is 16.3. The average molecular weight is 345 g/mol. The summed E-state index contributed by atoms with van der Waals surface area (Å²) in [5.74, 6) is 0.571. The van der Waals surface area contributed by atoms with Gasteiger partial charge in [0.05, 0.1) is 5.02 Å². The van der Waals surface area contributed by atoms with Crippen LogP contribution in [-0.4, -0.2) is 27.5 Å². The maximum absolute atomic E-state index is 12.7. The van der Waals surface area contributed by atoms with Crippen LogP contribution >= 0.6 is 11.6 Å². The molecule has 2 unspecified atom stereocenters.